The molecule has 15 heavy (non-hydrogen) atoms. The molecule has 0 spiro atoms. The summed E-state index contributed by atoms with van der Waals surface area (Å²) in [7, 11) is 3.90. The number of rotatable bonds is 3. The number of carbonyl (C=O) groups is 1. The zero-order valence-electron chi connectivity index (χ0n) is 9.08. The standard InChI is InChI=1S/C11H14BrNO2/c1-4-15-11(14)8-5-6-10(13(2)3)9(12)7-8/h5-7H,4H2,1-3H3. The molecule has 0 saturated heterocycles. The van der Waals surface area contributed by atoms with Gasteiger partial charge in [-0.15, -0.1) is 0 Å². The molecular weight excluding hydrogens is 258 g/mol. The number of anilines is 1. The van der Waals surface area contributed by atoms with Crippen LogP contribution < -0.4 is 4.90 Å². The summed E-state index contributed by atoms with van der Waals surface area (Å²) in [4.78, 5) is 13.4. The number of esters is 1. The number of benzene rings is 1. The molecule has 0 N–H and O–H groups in total. The van der Waals surface area contributed by atoms with Gasteiger partial charge in [0.25, 0.3) is 0 Å². The SMILES string of the molecule is CCOC(=O)c1ccc(N(C)C)c(Br)c1. The normalized spacial score (nSPS) is 9.87. The summed E-state index contributed by atoms with van der Waals surface area (Å²) < 4.78 is 5.80. The third-order valence-electron chi connectivity index (χ3n) is 1.94. The quantitative estimate of drug-likeness (QED) is 0.792. The first-order valence-corrected chi connectivity index (χ1v) is 5.49. The van der Waals surface area contributed by atoms with Crippen LogP contribution in [0.25, 0.3) is 0 Å². The molecule has 82 valence electrons. The molecule has 3 nitrogen and oxygen atoms in total. The van der Waals surface area contributed by atoms with Gasteiger partial charge in [0.1, 0.15) is 0 Å². The van der Waals surface area contributed by atoms with E-state index in [9.17, 15) is 4.79 Å². The van der Waals surface area contributed by atoms with E-state index in [1.165, 1.54) is 0 Å². The van der Waals surface area contributed by atoms with E-state index in [0.717, 1.165) is 10.2 Å². The van der Waals surface area contributed by atoms with E-state index >= 15 is 0 Å². The van der Waals surface area contributed by atoms with Crippen LogP contribution in [-0.2, 0) is 4.74 Å². The van der Waals surface area contributed by atoms with Crippen molar-refractivity contribution in [3.05, 3.63) is 28.2 Å². The van der Waals surface area contributed by atoms with Crippen LogP contribution in [0, 0.1) is 0 Å². The second-order valence-electron chi connectivity index (χ2n) is 3.28. The largest absolute Gasteiger partial charge is 0.462 e. The number of hydrogen-bond acceptors (Lipinski definition) is 3. The smallest absolute Gasteiger partial charge is 0.338 e. The molecule has 0 amide bonds. The van der Waals surface area contributed by atoms with Crippen molar-refractivity contribution in [2.24, 2.45) is 0 Å². The van der Waals surface area contributed by atoms with Gasteiger partial charge in [-0.2, -0.15) is 0 Å². The zero-order chi connectivity index (χ0) is 11.4. The van der Waals surface area contributed by atoms with Crippen molar-refractivity contribution >= 4 is 27.6 Å². The molecule has 0 aromatic heterocycles. The molecule has 0 bridgehead atoms. The minimum Gasteiger partial charge on any atom is -0.462 e. The van der Waals surface area contributed by atoms with Gasteiger partial charge in [0.15, 0.2) is 0 Å². The van der Waals surface area contributed by atoms with Gasteiger partial charge in [0, 0.05) is 18.6 Å². The molecule has 0 radical (unpaired) electrons. The van der Waals surface area contributed by atoms with Gasteiger partial charge in [-0.3, -0.25) is 0 Å². The minimum absolute atomic E-state index is 0.288. The molecule has 1 aromatic carbocycles. The van der Waals surface area contributed by atoms with E-state index in [1.807, 2.05) is 25.1 Å². The maximum absolute atomic E-state index is 11.4. The lowest BCUT2D eigenvalue weighted by Crippen LogP contribution is -2.10. The number of carbonyl (C=O) groups excluding carboxylic acids is 1. The molecule has 0 unspecified atom stereocenters. The molecule has 0 fully saturated rings. The van der Waals surface area contributed by atoms with Crippen LogP contribution in [0.4, 0.5) is 5.69 Å². The fourth-order valence-electron chi connectivity index (χ4n) is 1.21. The van der Waals surface area contributed by atoms with Crippen molar-refractivity contribution in [1.29, 1.82) is 0 Å². The molecule has 0 heterocycles. The van der Waals surface area contributed by atoms with Crippen LogP contribution in [0.1, 0.15) is 17.3 Å². The highest BCUT2D eigenvalue weighted by molar-refractivity contribution is 9.10. The fraction of sp³-hybridized carbons (Fsp3) is 0.364. The van der Waals surface area contributed by atoms with E-state index in [2.05, 4.69) is 15.9 Å². The summed E-state index contributed by atoms with van der Waals surface area (Å²) in [6.07, 6.45) is 0. The molecule has 0 aliphatic carbocycles. The Morgan fingerprint density at radius 1 is 1.47 bits per heavy atom. The van der Waals surface area contributed by atoms with Crippen molar-refractivity contribution < 1.29 is 9.53 Å². The van der Waals surface area contributed by atoms with Crippen molar-refractivity contribution in [2.45, 2.75) is 6.92 Å². The van der Waals surface area contributed by atoms with Crippen molar-refractivity contribution in [1.82, 2.24) is 0 Å². The van der Waals surface area contributed by atoms with Gasteiger partial charge >= 0.3 is 5.97 Å². The highest BCUT2D eigenvalue weighted by Crippen LogP contribution is 2.25. The summed E-state index contributed by atoms with van der Waals surface area (Å²) in [6, 6.07) is 5.42. The summed E-state index contributed by atoms with van der Waals surface area (Å²) in [5.41, 5.74) is 1.59. The van der Waals surface area contributed by atoms with Crippen molar-refractivity contribution in [2.75, 3.05) is 25.6 Å². The van der Waals surface area contributed by atoms with Crippen LogP contribution >= 0.6 is 15.9 Å². The average molecular weight is 272 g/mol. The Hall–Kier alpha value is -1.03. The first kappa shape index (κ1) is 12.0. The number of hydrogen-bond donors (Lipinski definition) is 0. The van der Waals surface area contributed by atoms with Crippen LogP contribution in [-0.4, -0.2) is 26.7 Å². The Balaban J connectivity index is 2.96. The highest BCUT2D eigenvalue weighted by Gasteiger charge is 2.09. The van der Waals surface area contributed by atoms with Gasteiger partial charge in [-0.25, -0.2) is 4.79 Å². The van der Waals surface area contributed by atoms with Gasteiger partial charge in [0.2, 0.25) is 0 Å². The zero-order valence-corrected chi connectivity index (χ0v) is 10.7. The molecule has 0 atom stereocenters. The van der Waals surface area contributed by atoms with E-state index in [4.69, 9.17) is 4.74 Å². The van der Waals surface area contributed by atoms with Gasteiger partial charge in [-0.1, -0.05) is 0 Å². The Morgan fingerprint density at radius 3 is 2.60 bits per heavy atom. The van der Waals surface area contributed by atoms with Gasteiger partial charge < -0.3 is 9.64 Å². The minimum atomic E-state index is -0.288. The predicted octanol–water partition coefficient (Wildman–Crippen LogP) is 2.69. The maximum atomic E-state index is 11.4. The van der Waals surface area contributed by atoms with Gasteiger partial charge in [-0.05, 0) is 41.1 Å². The molecule has 0 aliphatic heterocycles. The topological polar surface area (TPSA) is 29.5 Å². The van der Waals surface area contributed by atoms with Crippen LogP contribution in [0.2, 0.25) is 0 Å². The Labute approximate surface area is 98.2 Å². The van der Waals surface area contributed by atoms with Crippen LogP contribution in [0.3, 0.4) is 0 Å². The molecule has 0 saturated carbocycles. The Morgan fingerprint density at radius 2 is 2.13 bits per heavy atom. The first-order valence-electron chi connectivity index (χ1n) is 4.70. The van der Waals surface area contributed by atoms with Crippen LogP contribution in [0.5, 0.6) is 0 Å². The van der Waals surface area contributed by atoms with Crippen molar-refractivity contribution in [3.63, 3.8) is 0 Å². The molecule has 4 heteroatoms. The Kier molecular flexibility index (Phi) is 4.15. The van der Waals surface area contributed by atoms with Crippen LogP contribution in [0.15, 0.2) is 22.7 Å². The lowest BCUT2D eigenvalue weighted by Gasteiger charge is -2.14. The highest BCUT2D eigenvalue weighted by atomic mass is 79.9. The first-order chi connectivity index (χ1) is 7.06. The average Bonchev–Trinajstić information content (AvgIpc) is 2.17. The monoisotopic (exact) mass is 271 g/mol. The summed E-state index contributed by atoms with van der Waals surface area (Å²) >= 11 is 3.42. The number of ether oxygens (including phenoxy) is 1. The summed E-state index contributed by atoms with van der Waals surface area (Å²) in [5.74, 6) is -0.288. The third kappa shape index (κ3) is 2.96. The Bertz CT molecular complexity index is 364. The second kappa shape index (κ2) is 5.16. The lowest BCUT2D eigenvalue weighted by atomic mass is 10.2. The molecular formula is C11H14BrNO2. The molecule has 1 aromatic rings. The van der Waals surface area contributed by atoms with E-state index in [1.54, 1.807) is 19.1 Å². The third-order valence-corrected chi connectivity index (χ3v) is 2.58. The predicted molar refractivity (Wildman–Crippen MR) is 64.4 cm³/mol. The fourth-order valence-corrected chi connectivity index (χ4v) is 1.94. The second-order valence-corrected chi connectivity index (χ2v) is 4.14. The molecule has 1 rings (SSSR count). The number of halogens is 1. The maximum Gasteiger partial charge on any atom is 0.338 e. The lowest BCUT2D eigenvalue weighted by molar-refractivity contribution is 0.0526. The number of nitrogens with zero attached hydrogens (tertiary/aromatic N) is 1. The van der Waals surface area contributed by atoms with Crippen molar-refractivity contribution in [3.8, 4) is 0 Å². The van der Waals surface area contributed by atoms with Gasteiger partial charge in [0.05, 0.1) is 17.9 Å². The molecule has 0 aliphatic rings. The summed E-state index contributed by atoms with van der Waals surface area (Å²) in [5, 5.41) is 0. The van der Waals surface area contributed by atoms with E-state index in [-0.39, 0.29) is 5.97 Å². The van der Waals surface area contributed by atoms with E-state index < -0.39 is 0 Å². The van der Waals surface area contributed by atoms with E-state index in [0.29, 0.717) is 12.2 Å². The summed E-state index contributed by atoms with van der Waals surface area (Å²) in [6.45, 7) is 2.19.